The standard InChI is InChI=1S/C28H36N2S4.6CH3.2Sn/c1-5-9-11-19(7-3)17-21-13-15-31-23(21)25-29-27-28(33-25)30-26(34-27)24-22(14-16-32-24)18-20(8-4)12-10-6-2;;;;;;;;/h13-14,19-20H,5-12,17-18H2,1-4H3;6*1H3;;. The number of hydrogen-bond donors (Lipinski definition) is 0. The molecule has 0 aliphatic rings. The van der Waals surface area contributed by atoms with E-state index in [0.29, 0.717) is 0 Å². The van der Waals surface area contributed by atoms with Crippen LogP contribution in [-0.2, 0) is 12.8 Å². The zero-order valence-electron chi connectivity index (χ0n) is 27.9. The van der Waals surface area contributed by atoms with Gasteiger partial charge in [-0.05, 0) is 0 Å². The van der Waals surface area contributed by atoms with Crippen molar-refractivity contribution >= 4 is 97.5 Å². The van der Waals surface area contributed by atoms with Crippen molar-refractivity contribution in [2.45, 2.75) is 122 Å². The molecule has 0 saturated heterocycles. The number of rotatable bonds is 16. The fourth-order valence-electron chi connectivity index (χ4n) is 5.61. The molecular weight excluding hydrogens is 802 g/mol. The quantitative estimate of drug-likeness (QED) is 0.105. The summed E-state index contributed by atoms with van der Waals surface area (Å²) < 4.78 is 3.37. The van der Waals surface area contributed by atoms with Gasteiger partial charge in [0.05, 0.1) is 0 Å². The van der Waals surface area contributed by atoms with E-state index in [1.807, 2.05) is 22.7 Å². The van der Waals surface area contributed by atoms with Crippen LogP contribution in [0.25, 0.3) is 29.4 Å². The molecule has 4 aromatic rings. The van der Waals surface area contributed by atoms with Gasteiger partial charge in [-0.1, -0.05) is 0 Å². The molecule has 0 radical (unpaired) electrons. The van der Waals surface area contributed by atoms with Crippen LogP contribution in [0.1, 0.15) is 90.2 Å². The Hall–Kier alpha value is 0.517. The number of nitrogens with zero attached hydrogens (tertiary/aromatic N) is 2. The Morgan fingerprint density at radius 2 is 0.976 bits per heavy atom. The molecule has 0 N–H and O–H groups in total. The van der Waals surface area contributed by atoms with Crippen LogP contribution in [0.15, 0.2) is 12.1 Å². The van der Waals surface area contributed by atoms with E-state index >= 15 is 0 Å². The van der Waals surface area contributed by atoms with Gasteiger partial charge in [-0.15, -0.1) is 0 Å². The SMILES string of the molecule is CCCCC(CC)Cc1c[c]([Sn]([CH3])([CH3])[CH3])sc1-c1nc2sc(-c3s[c]([Sn]([CH3])([CH3])[CH3])cc3CC(CC)CCCC)nc2s1. The Balaban J connectivity index is 1.70. The number of aromatic nitrogens is 2. The van der Waals surface area contributed by atoms with Gasteiger partial charge in [0, 0.05) is 0 Å². The van der Waals surface area contributed by atoms with Crippen LogP contribution in [0, 0.1) is 11.8 Å². The molecule has 4 aromatic heterocycles. The van der Waals surface area contributed by atoms with E-state index in [0.717, 1.165) is 21.5 Å². The van der Waals surface area contributed by atoms with Crippen LogP contribution < -0.4 is 5.79 Å². The van der Waals surface area contributed by atoms with E-state index in [9.17, 15) is 0 Å². The fraction of sp³-hybridized carbons (Fsp3) is 0.647. The van der Waals surface area contributed by atoms with Gasteiger partial charge >= 0.3 is 284 Å². The molecule has 8 heteroatoms. The van der Waals surface area contributed by atoms with Crippen LogP contribution in [0.5, 0.6) is 0 Å². The van der Waals surface area contributed by atoms with Gasteiger partial charge in [0.1, 0.15) is 0 Å². The predicted molar refractivity (Wildman–Crippen MR) is 202 cm³/mol. The van der Waals surface area contributed by atoms with Crippen molar-refractivity contribution in [1.82, 2.24) is 9.97 Å². The second-order valence-corrected chi connectivity index (χ2v) is 49.2. The van der Waals surface area contributed by atoms with E-state index in [2.05, 4.69) is 92.1 Å². The maximum absolute atomic E-state index is 5.31. The summed E-state index contributed by atoms with van der Waals surface area (Å²) in [7, 11) is 0. The van der Waals surface area contributed by atoms with Crippen LogP contribution in [-0.4, -0.2) is 46.7 Å². The summed E-state index contributed by atoms with van der Waals surface area (Å²) in [6, 6.07) is 5.19. The summed E-state index contributed by atoms with van der Waals surface area (Å²) in [4.78, 5) is 31.1. The molecule has 0 spiro atoms. The molecule has 42 heavy (non-hydrogen) atoms. The molecule has 2 unspecified atom stereocenters. The van der Waals surface area contributed by atoms with Crippen molar-refractivity contribution in [3.05, 3.63) is 23.3 Å². The zero-order chi connectivity index (χ0) is 30.7. The van der Waals surface area contributed by atoms with Gasteiger partial charge in [0.25, 0.3) is 0 Å². The van der Waals surface area contributed by atoms with Crippen molar-refractivity contribution in [3.63, 3.8) is 0 Å². The van der Waals surface area contributed by atoms with E-state index in [-0.39, 0.29) is 0 Å². The van der Waals surface area contributed by atoms with Gasteiger partial charge in [0.15, 0.2) is 0 Å². The zero-order valence-corrected chi connectivity index (χ0v) is 36.9. The van der Waals surface area contributed by atoms with E-state index < -0.39 is 36.8 Å². The molecule has 4 heterocycles. The monoisotopic (exact) mass is 858 g/mol. The van der Waals surface area contributed by atoms with Gasteiger partial charge in [-0.2, -0.15) is 0 Å². The molecule has 2 nitrogen and oxygen atoms in total. The van der Waals surface area contributed by atoms with Crippen LogP contribution in [0.4, 0.5) is 0 Å². The van der Waals surface area contributed by atoms with Crippen LogP contribution >= 0.6 is 45.3 Å². The van der Waals surface area contributed by atoms with Gasteiger partial charge in [-0.25, -0.2) is 0 Å². The summed E-state index contributed by atoms with van der Waals surface area (Å²) in [5.41, 5.74) is 3.12. The molecule has 0 aliphatic heterocycles. The molecular formula is C34H54N2S4Sn2. The Kier molecular flexibility index (Phi) is 13.0. The number of unbranched alkanes of at least 4 members (excludes halogenated alkanes) is 2. The number of hydrogen-bond acceptors (Lipinski definition) is 6. The summed E-state index contributed by atoms with van der Waals surface area (Å²) in [5, 5.41) is 2.43. The predicted octanol–water partition coefficient (Wildman–Crippen LogP) is 11.8. The molecule has 0 saturated carbocycles. The first-order valence-electron chi connectivity index (χ1n) is 16.4. The Bertz CT molecular complexity index is 1290. The summed E-state index contributed by atoms with van der Waals surface area (Å²) in [6.07, 6.45) is 12.9. The van der Waals surface area contributed by atoms with E-state index in [1.165, 1.54) is 84.0 Å². The molecule has 2 atom stereocenters. The molecule has 4 rings (SSSR count). The minimum absolute atomic E-state index is 0.774. The third-order valence-corrected chi connectivity index (χ3v) is 32.1. The summed E-state index contributed by atoms with van der Waals surface area (Å²) in [6.45, 7) is 9.39. The van der Waals surface area contributed by atoms with Crippen molar-refractivity contribution in [2.75, 3.05) is 0 Å². The topological polar surface area (TPSA) is 25.8 Å². The summed E-state index contributed by atoms with van der Waals surface area (Å²) >= 11 is 3.44. The van der Waals surface area contributed by atoms with Gasteiger partial charge in [-0.3, -0.25) is 0 Å². The Morgan fingerprint density at radius 3 is 1.29 bits per heavy atom. The molecule has 0 amide bonds. The Labute approximate surface area is 280 Å². The van der Waals surface area contributed by atoms with Crippen molar-refractivity contribution in [3.8, 4) is 19.8 Å². The van der Waals surface area contributed by atoms with Crippen LogP contribution in [0.2, 0.25) is 29.6 Å². The first-order valence-corrected chi connectivity index (χ1v) is 39.7. The number of fused-ring (bicyclic) bond motifs is 1. The van der Waals surface area contributed by atoms with Gasteiger partial charge < -0.3 is 0 Å². The summed E-state index contributed by atoms with van der Waals surface area (Å²) in [5.74, 6) is 1.55. The molecule has 0 fully saturated rings. The minimum atomic E-state index is -2.19. The molecule has 0 aliphatic carbocycles. The maximum atomic E-state index is 5.31. The fourth-order valence-corrected chi connectivity index (χ4v) is 20.8. The second-order valence-electron chi connectivity index (χ2n) is 14.3. The average Bonchev–Trinajstić information content (AvgIpc) is 3.69. The van der Waals surface area contributed by atoms with Crippen molar-refractivity contribution in [1.29, 1.82) is 0 Å². The van der Waals surface area contributed by atoms with Crippen LogP contribution in [0.3, 0.4) is 0 Å². The van der Waals surface area contributed by atoms with E-state index in [4.69, 9.17) is 9.97 Å². The average molecular weight is 857 g/mol. The number of thiazole rings is 2. The van der Waals surface area contributed by atoms with Gasteiger partial charge in [0.2, 0.25) is 0 Å². The third kappa shape index (κ3) is 8.86. The normalized spacial score (nSPS) is 14.2. The first-order chi connectivity index (χ1) is 19.9. The first kappa shape index (κ1) is 35.4. The molecule has 0 aromatic carbocycles. The van der Waals surface area contributed by atoms with Crippen molar-refractivity contribution < 1.29 is 0 Å². The van der Waals surface area contributed by atoms with E-state index in [1.54, 1.807) is 16.9 Å². The van der Waals surface area contributed by atoms with Crippen molar-refractivity contribution in [2.24, 2.45) is 11.8 Å². The Morgan fingerprint density at radius 1 is 0.595 bits per heavy atom. The molecule has 0 bridgehead atoms. The number of thiophene rings is 2. The second kappa shape index (κ2) is 15.4. The third-order valence-electron chi connectivity index (χ3n) is 8.56. The molecule has 232 valence electrons.